The van der Waals surface area contributed by atoms with Gasteiger partial charge in [0.1, 0.15) is 0 Å². The van der Waals surface area contributed by atoms with Gasteiger partial charge in [-0.2, -0.15) is 0 Å². The fourth-order valence-corrected chi connectivity index (χ4v) is 2.34. The van der Waals surface area contributed by atoms with E-state index in [4.69, 9.17) is 0 Å². The number of rotatable bonds is 4. The van der Waals surface area contributed by atoms with E-state index in [-0.39, 0.29) is 17.7 Å². The van der Waals surface area contributed by atoms with Gasteiger partial charge in [-0.05, 0) is 12.8 Å². The number of likely N-dealkylation sites (tertiary alicyclic amines) is 1. The molecule has 1 aliphatic rings. The summed E-state index contributed by atoms with van der Waals surface area (Å²) in [6.07, 6.45) is 5.68. The topological polar surface area (TPSA) is 78.1 Å². The van der Waals surface area contributed by atoms with Gasteiger partial charge < -0.3 is 15.2 Å². The van der Waals surface area contributed by atoms with E-state index in [2.05, 4.69) is 15.3 Å². The standard InChI is InChI=1S/C13H20N4O2/c1-10(18)17-6-3-11(4-7-17)13(19)15-5-2-12-8-14-9-16-12/h8-9,11H,2-7H2,1H3,(H,14,16)(H,15,19). The second kappa shape index (κ2) is 6.36. The lowest BCUT2D eigenvalue weighted by Gasteiger charge is -2.30. The Morgan fingerprint density at radius 2 is 2.21 bits per heavy atom. The number of imidazole rings is 1. The van der Waals surface area contributed by atoms with Crippen molar-refractivity contribution in [2.45, 2.75) is 26.2 Å². The zero-order valence-electron chi connectivity index (χ0n) is 11.2. The summed E-state index contributed by atoms with van der Waals surface area (Å²) in [5.41, 5.74) is 1.02. The summed E-state index contributed by atoms with van der Waals surface area (Å²) in [5.74, 6) is 0.234. The van der Waals surface area contributed by atoms with E-state index in [0.29, 0.717) is 19.6 Å². The number of hydrogen-bond acceptors (Lipinski definition) is 3. The molecule has 0 radical (unpaired) electrons. The Morgan fingerprint density at radius 1 is 1.47 bits per heavy atom. The zero-order chi connectivity index (χ0) is 13.7. The normalized spacial score (nSPS) is 16.4. The van der Waals surface area contributed by atoms with E-state index in [0.717, 1.165) is 25.0 Å². The van der Waals surface area contributed by atoms with Gasteiger partial charge in [0.2, 0.25) is 11.8 Å². The molecule has 2 amide bonds. The minimum atomic E-state index is 0.0392. The molecule has 2 rings (SSSR count). The van der Waals surface area contributed by atoms with Crippen LogP contribution in [0.5, 0.6) is 0 Å². The van der Waals surface area contributed by atoms with Gasteiger partial charge >= 0.3 is 0 Å². The number of hydrogen-bond donors (Lipinski definition) is 2. The van der Waals surface area contributed by atoms with Crippen molar-refractivity contribution in [1.29, 1.82) is 0 Å². The highest BCUT2D eigenvalue weighted by Crippen LogP contribution is 2.17. The number of piperidine rings is 1. The van der Waals surface area contributed by atoms with E-state index >= 15 is 0 Å². The molecule has 0 aliphatic carbocycles. The first kappa shape index (κ1) is 13.6. The lowest BCUT2D eigenvalue weighted by atomic mass is 9.96. The monoisotopic (exact) mass is 264 g/mol. The highest BCUT2D eigenvalue weighted by Gasteiger charge is 2.25. The predicted molar refractivity (Wildman–Crippen MR) is 70.3 cm³/mol. The summed E-state index contributed by atoms with van der Waals surface area (Å²) in [6.45, 7) is 3.57. The molecule has 2 N–H and O–H groups in total. The highest BCUT2D eigenvalue weighted by atomic mass is 16.2. The molecule has 1 aromatic rings. The van der Waals surface area contributed by atoms with E-state index < -0.39 is 0 Å². The second-order valence-electron chi connectivity index (χ2n) is 4.90. The Hall–Kier alpha value is -1.85. The lowest BCUT2D eigenvalue weighted by molar-refractivity contribution is -0.133. The molecule has 1 aromatic heterocycles. The number of nitrogens with zero attached hydrogens (tertiary/aromatic N) is 2. The largest absolute Gasteiger partial charge is 0.355 e. The molecule has 0 atom stereocenters. The first-order valence-corrected chi connectivity index (χ1v) is 6.67. The average molecular weight is 264 g/mol. The van der Waals surface area contributed by atoms with Crippen LogP contribution in [0.3, 0.4) is 0 Å². The van der Waals surface area contributed by atoms with Gasteiger partial charge in [-0.25, -0.2) is 4.98 Å². The molecule has 1 saturated heterocycles. The summed E-state index contributed by atoms with van der Waals surface area (Å²) >= 11 is 0. The van der Waals surface area contributed by atoms with Gasteiger partial charge in [-0.1, -0.05) is 0 Å². The summed E-state index contributed by atoms with van der Waals surface area (Å²) in [5, 5.41) is 2.94. The van der Waals surface area contributed by atoms with Crippen molar-refractivity contribution in [1.82, 2.24) is 20.2 Å². The van der Waals surface area contributed by atoms with Crippen LogP contribution < -0.4 is 5.32 Å². The molecule has 6 heteroatoms. The predicted octanol–water partition coefficient (Wildman–Crippen LogP) is 0.327. The minimum Gasteiger partial charge on any atom is -0.355 e. The SMILES string of the molecule is CC(=O)N1CCC(C(=O)NCCc2cnc[nH]2)CC1. The van der Waals surface area contributed by atoms with Crippen LogP contribution in [0, 0.1) is 5.92 Å². The Bertz CT molecular complexity index is 422. The maximum atomic E-state index is 12.0. The fourth-order valence-electron chi connectivity index (χ4n) is 2.34. The minimum absolute atomic E-state index is 0.0392. The average Bonchev–Trinajstić information content (AvgIpc) is 2.92. The number of aromatic amines is 1. The third-order valence-corrected chi connectivity index (χ3v) is 3.56. The molecule has 104 valence electrons. The third kappa shape index (κ3) is 3.81. The summed E-state index contributed by atoms with van der Waals surface area (Å²) in [7, 11) is 0. The van der Waals surface area contributed by atoms with Gasteiger partial charge in [0, 0.05) is 50.8 Å². The molecular weight excluding hydrogens is 244 g/mol. The molecule has 2 heterocycles. The first-order valence-electron chi connectivity index (χ1n) is 6.67. The van der Waals surface area contributed by atoms with Crippen LogP contribution in [0.25, 0.3) is 0 Å². The molecule has 0 unspecified atom stereocenters. The maximum Gasteiger partial charge on any atom is 0.223 e. The molecule has 1 aliphatic heterocycles. The van der Waals surface area contributed by atoms with Gasteiger partial charge in [0.15, 0.2) is 0 Å². The summed E-state index contributed by atoms with van der Waals surface area (Å²) in [4.78, 5) is 31.9. The zero-order valence-corrected chi connectivity index (χ0v) is 11.2. The van der Waals surface area contributed by atoms with E-state index in [1.165, 1.54) is 0 Å². The number of amides is 2. The van der Waals surface area contributed by atoms with Crippen LogP contribution >= 0.6 is 0 Å². The van der Waals surface area contributed by atoms with Gasteiger partial charge in [0.05, 0.1) is 6.33 Å². The molecule has 0 bridgehead atoms. The van der Waals surface area contributed by atoms with Gasteiger partial charge in [0.25, 0.3) is 0 Å². The first-order chi connectivity index (χ1) is 9.16. The molecule has 0 spiro atoms. The van der Waals surface area contributed by atoms with E-state index in [1.807, 2.05) is 0 Å². The van der Waals surface area contributed by atoms with Crippen molar-refractivity contribution in [3.05, 3.63) is 18.2 Å². The Morgan fingerprint density at radius 3 is 2.79 bits per heavy atom. The number of carbonyl (C=O) groups excluding carboxylic acids is 2. The van der Waals surface area contributed by atoms with E-state index in [1.54, 1.807) is 24.3 Å². The van der Waals surface area contributed by atoms with Gasteiger partial charge in [-0.15, -0.1) is 0 Å². The molecule has 1 fully saturated rings. The van der Waals surface area contributed by atoms with Gasteiger partial charge in [-0.3, -0.25) is 9.59 Å². The van der Waals surface area contributed by atoms with Crippen molar-refractivity contribution >= 4 is 11.8 Å². The maximum absolute atomic E-state index is 12.0. The van der Waals surface area contributed by atoms with Crippen molar-refractivity contribution < 1.29 is 9.59 Å². The van der Waals surface area contributed by atoms with Crippen molar-refractivity contribution in [2.75, 3.05) is 19.6 Å². The lowest BCUT2D eigenvalue weighted by Crippen LogP contribution is -2.42. The Kier molecular flexibility index (Phi) is 4.54. The summed E-state index contributed by atoms with van der Waals surface area (Å²) < 4.78 is 0. The smallest absolute Gasteiger partial charge is 0.223 e. The fraction of sp³-hybridized carbons (Fsp3) is 0.615. The molecule has 19 heavy (non-hydrogen) atoms. The number of H-pyrrole nitrogens is 1. The van der Waals surface area contributed by atoms with Crippen LogP contribution in [0.2, 0.25) is 0 Å². The van der Waals surface area contributed by atoms with Crippen LogP contribution in [-0.4, -0.2) is 46.3 Å². The van der Waals surface area contributed by atoms with Crippen molar-refractivity contribution in [3.8, 4) is 0 Å². The molecular formula is C13H20N4O2. The van der Waals surface area contributed by atoms with E-state index in [9.17, 15) is 9.59 Å². The Labute approximate surface area is 112 Å². The molecule has 0 saturated carbocycles. The quantitative estimate of drug-likeness (QED) is 0.822. The second-order valence-corrected chi connectivity index (χ2v) is 4.90. The molecule has 6 nitrogen and oxygen atoms in total. The highest BCUT2D eigenvalue weighted by molar-refractivity contribution is 5.79. The van der Waals surface area contributed by atoms with Crippen LogP contribution in [0.1, 0.15) is 25.5 Å². The van der Waals surface area contributed by atoms with Crippen LogP contribution in [-0.2, 0) is 16.0 Å². The summed E-state index contributed by atoms with van der Waals surface area (Å²) in [6, 6.07) is 0. The third-order valence-electron chi connectivity index (χ3n) is 3.56. The van der Waals surface area contributed by atoms with Crippen molar-refractivity contribution in [2.24, 2.45) is 5.92 Å². The van der Waals surface area contributed by atoms with Crippen LogP contribution in [0.15, 0.2) is 12.5 Å². The molecule has 0 aromatic carbocycles. The number of carbonyl (C=O) groups is 2. The Balaban J connectivity index is 1.68. The number of aromatic nitrogens is 2. The van der Waals surface area contributed by atoms with Crippen molar-refractivity contribution in [3.63, 3.8) is 0 Å². The van der Waals surface area contributed by atoms with Crippen LogP contribution in [0.4, 0.5) is 0 Å². The number of nitrogens with one attached hydrogen (secondary N) is 2.